The molecule has 0 aliphatic heterocycles. The molecule has 1 atom stereocenters. The first-order chi connectivity index (χ1) is 4.27. The van der Waals surface area contributed by atoms with E-state index in [1.54, 1.807) is 21.6 Å². The average Bonchev–Trinajstić information content (AvgIpc) is 1.80. The van der Waals surface area contributed by atoms with E-state index in [2.05, 4.69) is 0 Å². The number of nitrogens with two attached hydrogens (primary N) is 2. The summed E-state index contributed by atoms with van der Waals surface area (Å²) in [5, 5.41) is 8.56. The van der Waals surface area contributed by atoms with Crippen molar-refractivity contribution in [3.63, 3.8) is 0 Å². The number of rotatable bonds is 5. The Hall–Kier alpha value is 0.580. The number of hydrogen-bond donors (Lipinski definition) is 3. The average molecular weight is 168 g/mol. The molecule has 0 radical (unpaired) electrons. The standard InChI is InChI=1S/C4H12N2OS2/c5-1-2-8-9-3-4(6)7/h4,7H,1-3,5-6H2. The minimum absolute atomic E-state index is 0.574. The van der Waals surface area contributed by atoms with Crippen LogP contribution in [0.25, 0.3) is 0 Å². The van der Waals surface area contributed by atoms with E-state index in [0.29, 0.717) is 12.3 Å². The first-order valence-electron chi connectivity index (χ1n) is 2.65. The smallest absolute Gasteiger partial charge is 0.112 e. The summed E-state index contributed by atoms with van der Waals surface area (Å²) in [4.78, 5) is 0. The molecule has 0 aromatic rings. The lowest BCUT2D eigenvalue weighted by Crippen LogP contribution is -2.20. The summed E-state index contributed by atoms with van der Waals surface area (Å²) in [7, 11) is 3.18. The number of aliphatic hydroxyl groups excluding tert-OH is 1. The van der Waals surface area contributed by atoms with Gasteiger partial charge in [-0.25, -0.2) is 0 Å². The van der Waals surface area contributed by atoms with E-state index in [0.717, 1.165) is 5.75 Å². The van der Waals surface area contributed by atoms with Gasteiger partial charge in [-0.15, -0.1) is 0 Å². The number of aliphatic hydroxyl groups is 1. The monoisotopic (exact) mass is 168 g/mol. The van der Waals surface area contributed by atoms with Crippen molar-refractivity contribution in [3.8, 4) is 0 Å². The largest absolute Gasteiger partial charge is 0.378 e. The van der Waals surface area contributed by atoms with Crippen molar-refractivity contribution < 1.29 is 5.11 Å². The molecule has 0 aromatic heterocycles. The first-order valence-corrected chi connectivity index (χ1v) is 5.14. The van der Waals surface area contributed by atoms with Crippen LogP contribution in [-0.2, 0) is 0 Å². The second-order valence-corrected chi connectivity index (χ2v) is 4.09. The molecule has 0 bridgehead atoms. The van der Waals surface area contributed by atoms with Gasteiger partial charge in [0.2, 0.25) is 0 Å². The molecule has 0 amide bonds. The SMILES string of the molecule is NCCSSCC(N)O. The molecule has 9 heavy (non-hydrogen) atoms. The minimum atomic E-state index is -0.694. The van der Waals surface area contributed by atoms with Gasteiger partial charge < -0.3 is 16.6 Å². The zero-order chi connectivity index (χ0) is 7.11. The maximum atomic E-state index is 8.56. The Morgan fingerprint density at radius 2 is 2.11 bits per heavy atom. The summed E-state index contributed by atoms with van der Waals surface area (Å²) in [6, 6.07) is 0. The van der Waals surface area contributed by atoms with Gasteiger partial charge in [0.1, 0.15) is 6.23 Å². The molecule has 0 saturated heterocycles. The molecular weight excluding hydrogens is 156 g/mol. The maximum Gasteiger partial charge on any atom is 0.112 e. The maximum absolute atomic E-state index is 8.56. The second-order valence-electron chi connectivity index (χ2n) is 1.46. The molecule has 0 heterocycles. The molecular formula is C4H12N2OS2. The highest BCUT2D eigenvalue weighted by Gasteiger charge is 1.94. The predicted octanol–water partition coefficient (Wildman–Crippen LogP) is -0.396. The van der Waals surface area contributed by atoms with E-state index in [-0.39, 0.29) is 0 Å². The van der Waals surface area contributed by atoms with Gasteiger partial charge in [-0.05, 0) is 0 Å². The Kier molecular flexibility index (Phi) is 7.13. The van der Waals surface area contributed by atoms with Crippen LogP contribution in [0.15, 0.2) is 0 Å². The second kappa shape index (κ2) is 6.70. The predicted molar refractivity (Wildman–Crippen MR) is 44.2 cm³/mol. The lowest BCUT2D eigenvalue weighted by molar-refractivity contribution is 0.208. The molecule has 3 nitrogen and oxygen atoms in total. The van der Waals surface area contributed by atoms with Gasteiger partial charge in [0, 0.05) is 18.1 Å². The summed E-state index contributed by atoms with van der Waals surface area (Å²) < 4.78 is 0. The first kappa shape index (κ1) is 9.58. The van der Waals surface area contributed by atoms with Crippen molar-refractivity contribution in [1.82, 2.24) is 0 Å². The van der Waals surface area contributed by atoms with Crippen molar-refractivity contribution in [2.24, 2.45) is 11.5 Å². The molecule has 5 N–H and O–H groups in total. The molecule has 0 rings (SSSR count). The van der Waals surface area contributed by atoms with Crippen LogP contribution in [0.4, 0.5) is 0 Å². The van der Waals surface area contributed by atoms with Crippen molar-refractivity contribution in [3.05, 3.63) is 0 Å². The van der Waals surface area contributed by atoms with Crippen LogP contribution < -0.4 is 11.5 Å². The summed E-state index contributed by atoms with van der Waals surface area (Å²) >= 11 is 0. The van der Waals surface area contributed by atoms with Crippen molar-refractivity contribution >= 4 is 21.6 Å². The zero-order valence-electron chi connectivity index (χ0n) is 5.12. The molecule has 0 fully saturated rings. The van der Waals surface area contributed by atoms with Gasteiger partial charge in [-0.1, -0.05) is 21.6 Å². The van der Waals surface area contributed by atoms with Crippen molar-refractivity contribution in [1.29, 1.82) is 0 Å². The summed E-state index contributed by atoms with van der Waals surface area (Å²) in [5.41, 5.74) is 10.3. The zero-order valence-corrected chi connectivity index (χ0v) is 6.75. The normalized spacial score (nSPS) is 13.7. The molecule has 5 heteroatoms. The fourth-order valence-corrected chi connectivity index (χ4v) is 2.02. The van der Waals surface area contributed by atoms with Crippen LogP contribution in [0.2, 0.25) is 0 Å². The van der Waals surface area contributed by atoms with Crippen LogP contribution in [0.3, 0.4) is 0 Å². The lowest BCUT2D eigenvalue weighted by Gasteiger charge is -2.00. The molecule has 0 spiro atoms. The fourth-order valence-electron chi connectivity index (χ4n) is 0.225. The van der Waals surface area contributed by atoms with Crippen LogP contribution in [-0.4, -0.2) is 29.4 Å². The molecule has 1 unspecified atom stereocenters. The quantitative estimate of drug-likeness (QED) is 0.296. The Balaban J connectivity index is 2.75. The molecule has 0 saturated carbocycles. The van der Waals surface area contributed by atoms with E-state index in [9.17, 15) is 0 Å². The molecule has 0 aromatic carbocycles. The fraction of sp³-hybridized carbons (Fsp3) is 1.00. The van der Waals surface area contributed by atoms with E-state index in [1.165, 1.54) is 0 Å². The van der Waals surface area contributed by atoms with E-state index < -0.39 is 6.23 Å². The molecule has 56 valence electrons. The van der Waals surface area contributed by atoms with Crippen molar-refractivity contribution in [2.45, 2.75) is 6.23 Å². The highest BCUT2D eigenvalue weighted by atomic mass is 33.1. The highest BCUT2D eigenvalue weighted by Crippen LogP contribution is 2.19. The topological polar surface area (TPSA) is 72.3 Å². The van der Waals surface area contributed by atoms with Crippen LogP contribution in [0.5, 0.6) is 0 Å². The number of hydrogen-bond acceptors (Lipinski definition) is 5. The van der Waals surface area contributed by atoms with Crippen LogP contribution in [0.1, 0.15) is 0 Å². The van der Waals surface area contributed by atoms with Gasteiger partial charge in [0.05, 0.1) is 0 Å². The van der Waals surface area contributed by atoms with E-state index >= 15 is 0 Å². The Morgan fingerprint density at radius 3 is 2.56 bits per heavy atom. The third-order valence-electron chi connectivity index (χ3n) is 0.523. The summed E-state index contributed by atoms with van der Waals surface area (Å²) in [5.74, 6) is 1.49. The van der Waals surface area contributed by atoms with Gasteiger partial charge >= 0.3 is 0 Å². The van der Waals surface area contributed by atoms with Crippen molar-refractivity contribution in [2.75, 3.05) is 18.1 Å². The van der Waals surface area contributed by atoms with Gasteiger partial charge in [-0.3, -0.25) is 0 Å². The summed E-state index contributed by atoms with van der Waals surface area (Å²) in [6.07, 6.45) is -0.694. The van der Waals surface area contributed by atoms with Crippen LogP contribution >= 0.6 is 21.6 Å². The third kappa shape index (κ3) is 8.58. The third-order valence-corrected chi connectivity index (χ3v) is 2.98. The Bertz CT molecular complexity index is 62.5. The van der Waals surface area contributed by atoms with Gasteiger partial charge in [-0.2, -0.15) is 0 Å². The van der Waals surface area contributed by atoms with E-state index in [1.807, 2.05) is 0 Å². The summed E-state index contributed by atoms with van der Waals surface area (Å²) in [6.45, 7) is 0.679. The van der Waals surface area contributed by atoms with E-state index in [4.69, 9.17) is 16.6 Å². The molecule has 0 aliphatic carbocycles. The van der Waals surface area contributed by atoms with Gasteiger partial charge in [0.15, 0.2) is 0 Å². The Morgan fingerprint density at radius 1 is 1.44 bits per heavy atom. The highest BCUT2D eigenvalue weighted by molar-refractivity contribution is 8.76. The van der Waals surface area contributed by atoms with Gasteiger partial charge in [0.25, 0.3) is 0 Å². The minimum Gasteiger partial charge on any atom is -0.378 e. The molecule has 0 aliphatic rings. The Labute approximate surface area is 63.0 Å². The lowest BCUT2D eigenvalue weighted by atomic mass is 10.7. The van der Waals surface area contributed by atoms with Crippen LogP contribution in [0, 0.1) is 0 Å².